The molecule has 4 rings (SSSR count). The molecule has 0 fully saturated rings. The van der Waals surface area contributed by atoms with E-state index in [1.807, 2.05) is 0 Å². The van der Waals surface area contributed by atoms with E-state index >= 15 is 0 Å². The molecule has 2 heterocycles. The van der Waals surface area contributed by atoms with E-state index in [1.165, 1.54) is 46.2 Å². The van der Waals surface area contributed by atoms with Crippen LogP contribution in [0.3, 0.4) is 0 Å². The first kappa shape index (κ1) is 40.4. The number of aliphatic hydroxyl groups is 4. The van der Waals surface area contributed by atoms with E-state index in [4.69, 9.17) is 23.2 Å². The molecule has 4 aromatic rings. The predicted molar refractivity (Wildman–Crippen MR) is 190 cm³/mol. The largest absolute Gasteiger partial charge is 0.395 e. The molecule has 0 radical (unpaired) electrons. The zero-order chi connectivity index (χ0) is 38.1. The lowest BCUT2D eigenvalue weighted by Gasteiger charge is -2.20. The third-order valence-electron chi connectivity index (χ3n) is 6.78. The topological polar surface area (TPSA) is 298 Å². The maximum Gasteiger partial charge on any atom is 0.295 e. The lowest BCUT2D eigenvalue weighted by atomic mass is 10.1. The number of anilines is 6. The molecule has 0 bridgehead atoms. The summed E-state index contributed by atoms with van der Waals surface area (Å²) in [7, 11) is -9.74. The van der Waals surface area contributed by atoms with Crippen LogP contribution in [0.15, 0.2) is 46.2 Å². The molecule has 0 saturated heterocycles. The fraction of sp³-hybridized carbons (Fsp3) is 0.286. The summed E-state index contributed by atoms with van der Waals surface area (Å²) in [4.78, 5) is 25.9. The fourth-order valence-electron chi connectivity index (χ4n) is 4.56. The number of halogens is 2. The molecule has 0 saturated carbocycles. The number of rotatable bonds is 18. The summed E-state index contributed by atoms with van der Waals surface area (Å²) in [6, 6.07) is 7.49. The van der Waals surface area contributed by atoms with Crippen LogP contribution in [-0.4, -0.2) is 129 Å². The number of aliphatic hydroxyl groups excluding tert-OH is 4. The highest BCUT2D eigenvalue weighted by Crippen LogP contribution is 2.28. The Labute approximate surface area is 307 Å². The summed E-state index contributed by atoms with van der Waals surface area (Å²) in [5.41, 5.74) is 0.0111. The number of nitrogens with one attached hydrogen (secondary N) is 2. The molecule has 24 heteroatoms. The molecule has 280 valence electrons. The lowest BCUT2D eigenvalue weighted by molar-refractivity contribution is 0.279. The van der Waals surface area contributed by atoms with E-state index in [2.05, 4.69) is 40.5 Å². The van der Waals surface area contributed by atoms with Crippen LogP contribution in [0, 0.1) is 0 Å². The molecule has 0 aliphatic carbocycles. The zero-order valence-electron chi connectivity index (χ0n) is 26.7. The number of hydrogen-bond donors (Lipinski definition) is 8. The predicted octanol–water partition coefficient (Wildman–Crippen LogP) is 1.10. The molecule has 0 atom stereocenters. The van der Waals surface area contributed by atoms with E-state index in [9.17, 15) is 46.4 Å². The van der Waals surface area contributed by atoms with Crippen LogP contribution in [0.1, 0.15) is 11.1 Å². The Hall–Kier alpha value is -4.36. The summed E-state index contributed by atoms with van der Waals surface area (Å²) < 4.78 is 69.6. The zero-order valence-corrected chi connectivity index (χ0v) is 29.9. The smallest absolute Gasteiger partial charge is 0.295 e. The SMILES string of the molecule is O=S(=O)(O)c1cc(Nc2nc(Cl)nc(N(CCO)CCO)n2)ccc1C=Cc1ccc(Nc2nc(Cl)nc(N(CCO)CCO)n2)cc1S(=O)(=O)O. The summed E-state index contributed by atoms with van der Waals surface area (Å²) in [6.45, 7) is -0.836. The van der Waals surface area contributed by atoms with E-state index in [-0.39, 0.29) is 109 Å². The van der Waals surface area contributed by atoms with Gasteiger partial charge in [0.1, 0.15) is 9.79 Å². The van der Waals surface area contributed by atoms with Crippen molar-refractivity contribution < 1.29 is 46.4 Å². The Kier molecular flexibility index (Phi) is 13.9. The third-order valence-corrected chi connectivity index (χ3v) is 8.93. The second-order valence-corrected chi connectivity index (χ2v) is 13.8. The standard InChI is InChI=1S/C28H32Cl2N10O10S2/c29-23-33-25(37-27(35-23)39(7-11-41)8-12-42)31-19-5-3-17(21(15-19)51(45,46)47)1-2-18-4-6-20(16-22(18)52(48,49)50)32-26-34-24(30)36-28(38-26)40(9-13-43)10-14-44/h1-6,15-16,41-44H,7-14H2,(H,45,46,47)(H,48,49,50)(H,31,33,35,37)(H,32,34,36,38). The van der Waals surface area contributed by atoms with Gasteiger partial charge in [-0.25, -0.2) is 0 Å². The van der Waals surface area contributed by atoms with Gasteiger partial charge in [0.25, 0.3) is 20.2 Å². The number of aromatic nitrogens is 6. The summed E-state index contributed by atoms with van der Waals surface area (Å²) in [5, 5.41) is 42.3. The number of benzene rings is 2. The van der Waals surface area contributed by atoms with Gasteiger partial charge >= 0.3 is 0 Å². The molecule has 0 spiro atoms. The highest BCUT2D eigenvalue weighted by molar-refractivity contribution is 7.86. The maximum atomic E-state index is 12.4. The van der Waals surface area contributed by atoms with Crippen LogP contribution in [0.5, 0.6) is 0 Å². The van der Waals surface area contributed by atoms with Crippen molar-refractivity contribution in [3.05, 3.63) is 58.1 Å². The number of hydrogen-bond acceptors (Lipinski definition) is 18. The van der Waals surface area contributed by atoms with Gasteiger partial charge in [-0.1, -0.05) is 24.3 Å². The maximum absolute atomic E-state index is 12.4. The Balaban J connectivity index is 1.65. The molecular weight excluding hydrogens is 771 g/mol. The summed E-state index contributed by atoms with van der Waals surface area (Å²) in [6.07, 6.45) is 2.39. The van der Waals surface area contributed by atoms with Gasteiger partial charge in [0.15, 0.2) is 0 Å². The Morgan fingerprint density at radius 2 is 0.923 bits per heavy atom. The molecule has 8 N–H and O–H groups in total. The van der Waals surface area contributed by atoms with Gasteiger partial charge in [-0.05, 0) is 58.6 Å². The first-order valence-corrected chi connectivity index (χ1v) is 18.5. The minimum atomic E-state index is -4.87. The Morgan fingerprint density at radius 3 is 1.23 bits per heavy atom. The van der Waals surface area contributed by atoms with Crippen LogP contribution >= 0.6 is 23.2 Å². The van der Waals surface area contributed by atoms with Crippen molar-refractivity contribution in [2.24, 2.45) is 0 Å². The first-order chi connectivity index (χ1) is 24.6. The fourth-order valence-corrected chi connectivity index (χ4v) is 6.30. The highest BCUT2D eigenvalue weighted by Gasteiger charge is 2.20. The number of nitrogens with zero attached hydrogens (tertiary/aromatic N) is 8. The lowest BCUT2D eigenvalue weighted by Crippen LogP contribution is -2.31. The molecular formula is C28H32Cl2N10O10S2. The van der Waals surface area contributed by atoms with Crippen molar-refractivity contribution in [2.75, 3.05) is 73.0 Å². The summed E-state index contributed by atoms with van der Waals surface area (Å²) in [5.74, 6) is -0.230. The minimum Gasteiger partial charge on any atom is -0.395 e. The molecule has 0 unspecified atom stereocenters. The van der Waals surface area contributed by atoms with Crippen molar-refractivity contribution in [3.63, 3.8) is 0 Å². The van der Waals surface area contributed by atoms with E-state index in [1.54, 1.807) is 0 Å². The van der Waals surface area contributed by atoms with Crippen LogP contribution in [0.2, 0.25) is 10.6 Å². The molecule has 2 aromatic carbocycles. The van der Waals surface area contributed by atoms with Gasteiger partial charge in [0.05, 0.1) is 26.4 Å². The molecule has 0 aliphatic heterocycles. The highest BCUT2D eigenvalue weighted by atomic mass is 35.5. The third kappa shape index (κ3) is 11.1. The van der Waals surface area contributed by atoms with Gasteiger partial charge in [0.2, 0.25) is 34.4 Å². The van der Waals surface area contributed by atoms with Crippen molar-refractivity contribution in [2.45, 2.75) is 9.79 Å². The van der Waals surface area contributed by atoms with E-state index < -0.39 is 30.0 Å². The van der Waals surface area contributed by atoms with Crippen molar-refractivity contribution >= 4 is 90.8 Å². The second-order valence-electron chi connectivity index (χ2n) is 10.4. The molecule has 2 aromatic heterocycles. The van der Waals surface area contributed by atoms with Crippen molar-refractivity contribution in [3.8, 4) is 0 Å². The van der Waals surface area contributed by atoms with Gasteiger partial charge < -0.3 is 40.9 Å². The minimum absolute atomic E-state index is 0.0145. The van der Waals surface area contributed by atoms with Crippen molar-refractivity contribution in [1.29, 1.82) is 0 Å². The van der Waals surface area contributed by atoms with Crippen LogP contribution in [-0.2, 0) is 20.2 Å². The summed E-state index contributed by atoms with van der Waals surface area (Å²) >= 11 is 12.1. The van der Waals surface area contributed by atoms with Crippen LogP contribution in [0.4, 0.5) is 35.2 Å². The van der Waals surface area contributed by atoms with Gasteiger partial charge in [-0.15, -0.1) is 0 Å². The normalized spacial score (nSPS) is 11.9. The first-order valence-electron chi connectivity index (χ1n) is 14.9. The monoisotopic (exact) mass is 802 g/mol. The average Bonchev–Trinajstić information content (AvgIpc) is 3.06. The molecule has 0 amide bonds. The van der Waals surface area contributed by atoms with Gasteiger partial charge in [0, 0.05) is 37.6 Å². The molecule has 52 heavy (non-hydrogen) atoms. The van der Waals surface area contributed by atoms with Gasteiger partial charge in [-0.2, -0.15) is 46.7 Å². The van der Waals surface area contributed by atoms with Crippen LogP contribution in [0.25, 0.3) is 12.2 Å². The quantitative estimate of drug-likeness (QED) is 0.0516. The van der Waals surface area contributed by atoms with Crippen molar-refractivity contribution in [1.82, 2.24) is 29.9 Å². The van der Waals surface area contributed by atoms with Crippen LogP contribution < -0.4 is 20.4 Å². The van der Waals surface area contributed by atoms with Gasteiger partial charge in [-0.3, -0.25) is 9.11 Å². The molecule has 0 aliphatic rings. The van der Waals surface area contributed by atoms with E-state index in [0.717, 1.165) is 12.1 Å². The molecule has 20 nitrogen and oxygen atoms in total. The Bertz CT molecular complexity index is 1970. The second kappa shape index (κ2) is 17.9. The average molecular weight is 804 g/mol. The van der Waals surface area contributed by atoms with E-state index in [0.29, 0.717) is 0 Å². The Morgan fingerprint density at radius 1 is 0.577 bits per heavy atom.